The van der Waals surface area contributed by atoms with Crippen molar-refractivity contribution in [3.8, 4) is 11.4 Å². The highest BCUT2D eigenvalue weighted by molar-refractivity contribution is 6.99. The molecule has 4 nitrogen and oxygen atoms in total. The second-order valence-electron chi connectivity index (χ2n) is 13.3. The number of anilines is 3. The average Bonchev–Trinajstić information content (AvgIpc) is 3.81. The Bertz CT molecular complexity index is 3010. The molecule has 0 spiro atoms. The van der Waals surface area contributed by atoms with E-state index in [0.717, 1.165) is 33.7 Å². The van der Waals surface area contributed by atoms with E-state index in [1.807, 2.05) is 0 Å². The van der Waals surface area contributed by atoms with Gasteiger partial charge in [0.25, 0.3) is 6.71 Å². The predicted octanol–water partition coefficient (Wildman–Crippen LogP) is 9.24. The second-order valence-corrected chi connectivity index (χ2v) is 13.3. The van der Waals surface area contributed by atoms with E-state index in [-0.39, 0.29) is 6.71 Å². The smallest absolute Gasteiger partial charge is 0.297 e. The monoisotopic (exact) mass is 623 g/mol. The van der Waals surface area contributed by atoms with Crippen LogP contribution in [0, 0.1) is 0 Å². The van der Waals surface area contributed by atoms with Crippen LogP contribution in [0.25, 0.3) is 66.0 Å². The van der Waals surface area contributed by atoms with E-state index in [1.54, 1.807) is 0 Å². The first-order valence-corrected chi connectivity index (χ1v) is 16.9. The highest BCUT2D eigenvalue weighted by atomic mass is 16.3. The number of aromatic nitrogens is 2. The van der Waals surface area contributed by atoms with Crippen molar-refractivity contribution in [2.24, 2.45) is 0 Å². The molecular weight excluding hydrogens is 597 g/mol. The summed E-state index contributed by atoms with van der Waals surface area (Å²) in [5.74, 6) is 0. The number of hydrogen-bond acceptors (Lipinski definition) is 2. The minimum Gasteiger partial charge on any atom is -0.468 e. The number of nitrogens with zero attached hydrogens (tertiary/aromatic N) is 3. The van der Waals surface area contributed by atoms with E-state index in [0.29, 0.717) is 0 Å². The molecule has 0 saturated heterocycles. The summed E-state index contributed by atoms with van der Waals surface area (Å²) in [5, 5.41) is 6.19. The van der Waals surface area contributed by atoms with Crippen LogP contribution in [0.4, 0.5) is 17.1 Å². The zero-order valence-electron chi connectivity index (χ0n) is 26.3. The van der Waals surface area contributed by atoms with Gasteiger partial charge in [-0.3, -0.25) is 0 Å². The van der Waals surface area contributed by atoms with Crippen LogP contribution in [0.5, 0.6) is 0 Å². The lowest BCUT2D eigenvalue weighted by Gasteiger charge is -2.37. The number of para-hydroxylation sites is 5. The van der Waals surface area contributed by atoms with Crippen LogP contribution in [0.3, 0.4) is 0 Å². The Hall–Kier alpha value is -6.46. The lowest BCUT2D eigenvalue weighted by Crippen LogP contribution is -2.59. The first-order chi connectivity index (χ1) is 24.3. The molecular formula is C44H26BN3O. The van der Waals surface area contributed by atoms with Crippen molar-refractivity contribution in [3.63, 3.8) is 0 Å². The maximum absolute atomic E-state index is 6.92. The fourth-order valence-electron chi connectivity index (χ4n) is 8.99. The number of fused-ring (bicyclic) bond motifs is 12. The van der Waals surface area contributed by atoms with Gasteiger partial charge in [0, 0.05) is 55.2 Å². The highest BCUT2D eigenvalue weighted by Crippen LogP contribution is 2.45. The molecule has 49 heavy (non-hydrogen) atoms. The summed E-state index contributed by atoms with van der Waals surface area (Å²) in [5.41, 5.74) is 15.2. The van der Waals surface area contributed by atoms with Gasteiger partial charge < -0.3 is 18.5 Å². The number of benzene rings is 7. The molecule has 5 heterocycles. The van der Waals surface area contributed by atoms with Gasteiger partial charge in [0.15, 0.2) is 0 Å². The summed E-state index contributed by atoms with van der Waals surface area (Å²) in [6, 6.07) is 57.2. The van der Waals surface area contributed by atoms with Crippen molar-refractivity contribution in [2.75, 3.05) is 4.90 Å². The molecule has 7 aromatic carbocycles. The van der Waals surface area contributed by atoms with Crippen molar-refractivity contribution in [3.05, 3.63) is 158 Å². The van der Waals surface area contributed by atoms with Gasteiger partial charge >= 0.3 is 0 Å². The largest absolute Gasteiger partial charge is 0.468 e. The summed E-state index contributed by atoms with van der Waals surface area (Å²) in [6.07, 6.45) is 0. The summed E-state index contributed by atoms with van der Waals surface area (Å²) in [6.45, 7) is -0.0394. The third-order valence-electron chi connectivity index (χ3n) is 10.9. The van der Waals surface area contributed by atoms with Gasteiger partial charge in [0.1, 0.15) is 5.58 Å². The number of rotatable bonds is 2. The molecule has 2 aliphatic rings. The van der Waals surface area contributed by atoms with E-state index in [9.17, 15) is 0 Å². The van der Waals surface area contributed by atoms with E-state index < -0.39 is 0 Å². The molecule has 0 saturated carbocycles. The van der Waals surface area contributed by atoms with Crippen LogP contribution in [-0.2, 0) is 0 Å². The highest BCUT2D eigenvalue weighted by Gasteiger charge is 2.45. The van der Waals surface area contributed by atoms with E-state index >= 15 is 0 Å². The third-order valence-corrected chi connectivity index (χ3v) is 10.9. The summed E-state index contributed by atoms with van der Waals surface area (Å²) in [7, 11) is 0. The fraction of sp³-hybridized carbons (Fsp3) is 0. The lowest BCUT2D eigenvalue weighted by atomic mass is 9.36. The third kappa shape index (κ3) is 3.15. The molecule has 5 heteroatoms. The Morgan fingerprint density at radius 2 is 1.10 bits per heavy atom. The molecule has 0 aliphatic carbocycles. The van der Waals surface area contributed by atoms with Crippen LogP contribution >= 0.6 is 0 Å². The maximum Gasteiger partial charge on any atom is 0.297 e. The van der Waals surface area contributed by atoms with Crippen LogP contribution in [-0.4, -0.2) is 15.8 Å². The number of furan rings is 1. The molecule has 0 N–H and O–H groups in total. The Morgan fingerprint density at radius 1 is 0.449 bits per heavy atom. The normalized spacial score (nSPS) is 13.2. The van der Waals surface area contributed by atoms with Gasteiger partial charge in [-0.2, -0.15) is 0 Å². The second kappa shape index (κ2) is 9.12. The topological polar surface area (TPSA) is 26.2 Å². The minimum atomic E-state index is -0.0394. The Morgan fingerprint density at radius 3 is 1.96 bits per heavy atom. The van der Waals surface area contributed by atoms with Gasteiger partial charge in [-0.25, -0.2) is 0 Å². The minimum absolute atomic E-state index is 0.0394. The van der Waals surface area contributed by atoms with Gasteiger partial charge in [0.05, 0.1) is 27.9 Å². The van der Waals surface area contributed by atoms with Gasteiger partial charge in [0.2, 0.25) is 0 Å². The van der Waals surface area contributed by atoms with Crippen LogP contribution in [0.1, 0.15) is 0 Å². The quantitative estimate of drug-likeness (QED) is 0.180. The molecule has 2 aliphatic heterocycles. The average molecular weight is 624 g/mol. The zero-order chi connectivity index (χ0) is 31.8. The van der Waals surface area contributed by atoms with E-state index in [4.69, 9.17) is 4.42 Å². The van der Waals surface area contributed by atoms with E-state index in [2.05, 4.69) is 172 Å². The molecule has 0 atom stereocenters. The van der Waals surface area contributed by atoms with E-state index in [1.165, 1.54) is 65.9 Å². The molecule has 10 aromatic rings. The van der Waals surface area contributed by atoms with Crippen molar-refractivity contribution in [2.45, 2.75) is 0 Å². The first kappa shape index (κ1) is 25.6. The van der Waals surface area contributed by atoms with Gasteiger partial charge in [-0.15, -0.1) is 0 Å². The summed E-state index contributed by atoms with van der Waals surface area (Å²) in [4.78, 5) is 2.42. The van der Waals surface area contributed by atoms with Crippen molar-refractivity contribution < 1.29 is 4.42 Å². The van der Waals surface area contributed by atoms with Crippen molar-refractivity contribution in [1.82, 2.24) is 9.13 Å². The maximum atomic E-state index is 6.92. The standard InChI is InChI=1S/C44H26BN3O/c1-3-13-27(14-4-1)46-35-21-9-7-17-29(35)32-25-33-30-19-11-20-34-42(30)48(39(33)26-38(32)46)37-23-12-22-36-41(37)45(34)44-43(31-18-8-10-24-40(31)49-44)47(36)28-15-5-2-6-16-28/h1-26H. The van der Waals surface area contributed by atoms with Crippen LogP contribution in [0.2, 0.25) is 0 Å². The molecule has 12 rings (SSSR count). The Balaban J connectivity index is 1.25. The SMILES string of the molecule is c1ccc(N2c3cccc4c3B(c3oc5ccccc5c32)c2cccc3c5cc6c7ccccc7n(-c7ccccc7)c6cc5n-4c23)cc1. The van der Waals surface area contributed by atoms with Crippen LogP contribution in [0.15, 0.2) is 162 Å². The summed E-state index contributed by atoms with van der Waals surface area (Å²) < 4.78 is 11.9. The summed E-state index contributed by atoms with van der Waals surface area (Å²) >= 11 is 0. The first-order valence-electron chi connectivity index (χ1n) is 16.9. The van der Waals surface area contributed by atoms with Crippen molar-refractivity contribution >= 4 is 94.9 Å². The molecule has 0 unspecified atom stereocenters. The molecule has 0 radical (unpaired) electrons. The predicted molar refractivity (Wildman–Crippen MR) is 204 cm³/mol. The molecule has 0 bridgehead atoms. The lowest BCUT2D eigenvalue weighted by molar-refractivity contribution is 0.651. The molecule has 3 aromatic heterocycles. The van der Waals surface area contributed by atoms with Crippen molar-refractivity contribution in [1.29, 1.82) is 0 Å². The molecule has 0 amide bonds. The van der Waals surface area contributed by atoms with Gasteiger partial charge in [-0.1, -0.05) is 91.0 Å². The molecule has 0 fully saturated rings. The Kier molecular flexibility index (Phi) is 4.77. The fourth-order valence-corrected chi connectivity index (χ4v) is 8.99. The zero-order valence-corrected chi connectivity index (χ0v) is 26.3. The van der Waals surface area contributed by atoms with Gasteiger partial charge in [-0.05, 0) is 77.7 Å². The number of hydrogen-bond donors (Lipinski definition) is 0. The Labute approximate surface area is 281 Å². The molecule has 226 valence electrons. The van der Waals surface area contributed by atoms with Crippen LogP contribution < -0.4 is 21.5 Å².